The largest absolute Gasteiger partial charge is 0.356 e. The number of rotatable bonds is 8. The minimum atomic E-state index is -0.0518. The fourth-order valence-electron chi connectivity index (χ4n) is 2.54. The average molecular weight is 347 g/mol. The monoisotopic (exact) mass is 347 g/mol. The van der Waals surface area contributed by atoms with E-state index in [9.17, 15) is 9.59 Å². The molecule has 0 atom stereocenters. The van der Waals surface area contributed by atoms with Gasteiger partial charge in [-0.3, -0.25) is 14.2 Å². The Balaban J connectivity index is 1.85. The van der Waals surface area contributed by atoms with Crippen LogP contribution < -0.4 is 10.9 Å². The van der Waals surface area contributed by atoms with E-state index in [2.05, 4.69) is 24.1 Å². The molecule has 5 nitrogen and oxygen atoms in total. The second-order valence-electron chi connectivity index (χ2n) is 6.44. The minimum absolute atomic E-state index is 0.0518. The number of nitrogens with one attached hydrogen (secondary N) is 2. The SMILES string of the molecule is CC(C)CNC(=O)CCCCCn1c(=S)[nH]c2ccccc2c1=O. The molecule has 0 unspecified atom stereocenters. The lowest BCUT2D eigenvalue weighted by Crippen LogP contribution is -2.27. The Labute approximate surface area is 147 Å². The van der Waals surface area contributed by atoms with E-state index in [0.717, 1.165) is 31.3 Å². The first-order chi connectivity index (χ1) is 11.5. The summed E-state index contributed by atoms with van der Waals surface area (Å²) in [5.74, 6) is 0.569. The number of hydrogen-bond acceptors (Lipinski definition) is 3. The maximum Gasteiger partial charge on any atom is 0.262 e. The molecule has 1 aromatic heterocycles. The van der Waals surface area contributed by atoms with Crippen molar-refractivity contribution in [1.82, 2.24) is 14.9 Å². The molecule has 0 radical (unpaired) electrons. The quantitative estimate of drug-likeness (QED) is 0.568. The fraction of sp³-hybridized carbons (Fsp3) is 0.500. The van der Waals surface area contributed by atoms with Gasteiger partial charge in [-0.15, -0.1) is 0 Å². The van der Waals surface area contributed by atoms with Gasteiger partial charge in [0.25, 0.3) is 5.56 Å². The Hall–Kier alpha value is -1.95. The fourth-order valence-corrected chi connectivity index (χ4v) is 2.82. The second-order valence-corrected chi connectivity index (χ2v) is 6.83. The number of H-pyrrole nitrogens is 1. The number of fused-ring (bicyclic) bond motifs is 1. The maximum absolute atomic E-state index is 12.5. The van der Waals surface area contributed by atoms with Gasteiger partial charge >= 0.3 is 0 Å². The average Bonchev–Trinajstić information content (AvgIpc) is 2.55. The van der Waals surface area contributed by atoms with Crippen LogP contribution in [-0.4, -0.2) is 22.0 Å². The molecule has 1 heterocycles. The lowest BCUT2D eigenvalue weighted by atomic mass is 10.1. The van der Waals surface area contributed by atoms with Crippen LogP contribution in [0.25, 0.3) is 10.9 Å². The number of carbonyl (C=O) groups is 1. The van der Waals surface area contributed by atoms with Crippen molar-refractivity contribution in [3.63, 3.8) is 0 Å². The Morgan fingerprint density at radius 3 is 2.75 bits per heavy atom. The van der Waals surface area contributed by atoms with Gasteiger partial charge in [-0.1, -0.05) is 32.4 Å². The van der Waals surface area contributed by atoms with Gasteiger partial charge in [0.15, 0.2) is 4.77 Å². The molecular formula is C18H25N3O2S. The number of nitrogens with zero attached hydrogens (tertiary/aromatic N) is 1. The summed E-state index contributed by atoms with van der Waals surface area (Å²) in [5.41, 5.74) is 0.717. The highest BCUT2D eigenvalue weighted by Crippen LogP contribution is 2.07. The van der Waals surface area contributed by atoms with Crippen LogP contribution in [0.3, 0.4) is 0 Å². The Morgan fingerprint density at radius 2 is 2.00 bits per heavy atom. The van der Waals surface area contributed by atoms with E-state index in [-0.39, 0.29) is 11.5 Å². The van der Waals surface area contributed by atoms with Crippen LogP contribution in [0.4, 0.5) is 0 Å². The van der Waals surface area contributed by atoms with Gasteiger partial charge in [-0.2, -0.15) is 0 Å². The van der Waals surface area contributed by atoms with Crippen molar-refractivity contribution in [3.8, 4) is 0 Å². The van der Waals surface area contributed by atoms with Crippen molar-refractivity contribution in [1.29, 1.82) is 0 Å². The lowest BCUT2D eigenvalue weighted by molar-refractivity contribution is -0.121. The van der Waals surface area contributed by atoms with Crippen LogP contribution in [0, 0.1) is 10.7 Å². The van der Waals surface area contributed by atoms with E-state index < -0.39 is 0 Å². The molecule has 2 N–H and O–H groups in total. The van der Waals surface area contributed by atoms with Gasteiger partial charge in [-0.05, 0) is 43.1 Å². The molecule has 130 valence electrons. The summed E-state index contributed by atoms with van der Waals surface area (Å²) in [4.78, 5) is 27.2. The van der Waals surface area contributed by atoms with Crippen molar-refractivity contribution < 1.29 is 4.79 Å². The molecule has 0 saturated heterocycles. The number of carbonyl (C=O) groups excluding carboxylic acids is 1. The van der Waals surface area contributed by atoms with Gasteiger partial charge in [0, 0.05) is 19.5 Å². The van der Waals surface area contributed by atoms with Crippen LogP contribution >= 0.6 is 12.2 Å². The molecule has 24 heavy (non-hydrogen) atoms. The summed E-state index contributed by atoms with van der Waals surface area (Å²) in [7, 11) is 0. The molecule has 0 aliphatic heterocycles. The normalized spacial score (nSPS) is 11.1. The smallest absolute Gasteiger partial charge is 0.262 e. The topological polar surface area (TPSA) is 66.9 Å². The zero-order valence-electron chi connectivity index (χ0n) is 14.3. The highest BCUT2D eigenvalue weighted by molar-refractivity contribution is 7.71. The molecule has 1 amide bonds. The number of hydrogen-bond donors (Lipinski definition) is 2. The first-order valence-corrected chi connectivity index (χ1v) is 8.88. The molecule has 0 fully saturated rings. The van der Waals surface area contributed by atoms with Crippen LogP contribution in [0.5, 0.6) is 0 Å². The first-order valence-electron chi connectivity index (χ1n) is 8.47. The zero-order valence-corrected chi connectivity index (χ0v) is 15.1. The lowest BCUT2D eigenvalue weighted by Gasteiger charge is -2.09. The first kappa shape index (κ1) is 18.4. The van der Waals surface area contributed by atoms with Crippen molar-refractivity contribution in [2.45, 2.75) is 46.1 Å². The standard InChI is InChI=1S/C18H25N3O2S/c1-13(2)12-19-16(22)10-4-3-7-11-21-17(23)14-8-5-6-9-15(14)20-18(21)24/h5-6,8-9,13H,3-4,7,10-12H2,1-2H3,(H,19,22)(H,20,24). The number of para-hydroxylation sites is 1. The van der Waals surface area contributed by atoms with Gasteiger partial charge in [0.05, 0.1) is 10.9 Å². The molecule has 2 rings (SSSR count). The third-order valence-corrected chi connectivity index (χ3v) is 4.20. The molecular weight excluding hydrogens is 322 g/mol. The van der Waals surface area contributed by atoms with Crippen molar-refractivity contribution in [3.05, 3.63) is 39.4 Å². The predicted octanol–water partition coefficient (Wildman–Crippen LogP) is 3.39. The summed E-state index contributed by atoms with van der Waals surface area (Å²) in [6.45, 7) is 5.45. The molecule has 0 aliphatic rings. The van der Waals surface area contributed by atoms with E-state index in [1.807, 2.05) is 18.2 Å². The van der Waals surface area contributed by atoms with E-state index in [4.69, 9.17) is 12.2 Å². The summed E-state index contributed by atoms with van der Waals surface area (Å²) in [5, 5.41) is 3.57. The molecule has 1 aromatic carbocycles. The van der Waals surface area contributed by atoms with Crippen LogP contribution in [0.15, 0.2) is 29.1 Å². The number of aromatic nitrogens is 2. The van der Waals surface area contributed by atoms with Crippen LogP contribution in [-0.2, 0) is 11.3 Å². The molecule has 0 saturated carbocycles. The summed E-state index contributed by atoms with van der Waals surface area (Å²) < 4.78 is 2.06. The number of aromatic amines is 1. The number of amides is 1. The second kappa shape index (κ2) is 8.78. The Morgan fingerprint density at radius 1 is 1.25 bits per heavy atom. The highest BCUT2D eigenvalue weighted by Gasteiger charge is 2.06. The third-order valence-electron chi connectivity index (χ3n) is 3.88. The van der Waals surface area contributed by atoms with E-state index in [0.29, 0.717) is 29.0 Å². The van der Waals surface area contributed by atoms with Gasteiger partial charge in [0.1, 0.15) is 0 Å². The van der Waals surface area contributed by atoms with Crippen molar-refractivity contribution in [2.24, 2.45) is 5.92 Å². The Bertz CT molecular complexity index is 808. The molecule has 2 aromatic rings. The number of unbranched alkanes of at least 4 members (excludes halogenated alkanes) is 2. The Kier molecular flexibility index (Phi) is 6.73. The van der Waals surface area contributed by atoms with Gasteiger partial charge in [0.2, 0.25) is 5.91 Å². The van der Waals surface area contributed by atoms with Crippen LogP contribution in [0.1, 0.15) is 39.5 Å². The van der Waals surface area contributed by atoms with E-state index in [1.54, 1.807) is 10.6 Å². The highest BCUT2D eigenvalue weighted by atomic mass is 32.1. The van der Waals surface area contributed by atoms with Crippen molar-refractivity contribution >= 4 is 29.0 Å². The molecule has 0 aliphatic carbocycles. The number of benzene rings is 1. The van der Waals surface area contributed by atoms with Crippen LogP contribution in [0.2, 0.25) is 0 Å². The zero-order chi connectivity index (χ0) is 17.5. The minimum Gasteiger partial charge on any atom is -0.356 e. The predicted molar refractivity (Wildman–Crippen MR) is 99.7 cm³/mol. The summed E-state index contributed by atoms with van der Waals surface area (Å²) in [6, 6.07) is 7.38. The van der Waals surface area contributed by atoms with Crippen molar-refractivity contribution in [2.75, 3.05) is 6.54 Å². The van der Waals surface area contributed by atoms with Gasteiger partial charge < -0.3 is 10.3 Å². The summed E-state index contributed by atoms with van der Waals surface area (Å²) >= 11 is 5.29. The summed E-state index contributed by atoms with van der Waals surface area (Å²) in [6.07, 6.45) is 3.07. The third kappa shape index (κ3) is 5.03. The molecule has 0 bridgehead atoms. The van der Waals surface area contributed by atoms with Gasteiger partial charge in [-0.25, -0.2) is 0 Å². The van der Waals surface area contributed by atoms with E-state index >= 15 is 0 Å². The maximum atomic E-state index is 12.5. The van der Waals surface area contributed by atoms with E-state index in [1.165, 1.54) is 0 Å². The molecule has 0 spiro atoms. The molecule has 6 heteroatoms.